The molecule has 0 aliphatic heterocycles. The summed E-state index contributed by atoms with van der Waals surface area (Å²) in [6, 6.07) is 1.91. The molecular formula is C12H16BrCl2FN2O2S. The molecule has 3 N–H and O–H groups in total. The van der Waals surface area contributed by atoms with E-state index in [0.29, 0.717) is 17.4 Å². The van der Waals surface area contributed by atoms with E-state index >= 15 is 0 Å². The fraction of sp³-hybridized carbons (Fsp3) is 0.500. The molecule has 1 aliphatic carbocycles. The summed E-state index contributed by atoms with van der Waals surface area (Å²) in [7, 11) is -3.94. The van der Waals surface area contributed by atoms with E-state index in [4.69, 9.17) is 17.3 Å². The Morgan fingerprint density at radius 1 is 1.43 bits per heavy atom. The minimum atomic E-state index is -3.94. The first-order chi connectivity index (χ1) is 9.35. The number of nitrogens with two attached hydrogens (primary N) is 1. The number of hydrogen-bond acceptors (Lipinski definition) is 3. The summed E-state index contributed by atoms with van der Waals surface area (Å²) in [5.41, 5.74) is 5.62. The first kappa shape index (κ1) is 19.1. The van der Waals surface area contributed by atoms with Gasteiger partial charge in [0.2, 0.25) is 10.0 Å². The molecule has 2 rings (SSSR count). The summed E-state index contributed by atoms with van der Waals surface area (Å²) >= 11 is 8.89. The Morgan fingerprint density at radius 3 is 2.71 bits per heavy atom. The molecule has 1 saturated carbocycles. The van der Waals surface area contributed by atoms with Crippen molar-refractivity contribution >= 4 is 50.0 Å². The lowest BCUT2D eigenvalue weighted by Gasteiger charge is -2.19. The van der Waals surface area contributed by atoms with Crippen molar-refractivity contribution in [3.63, 3.8) is 0 Å². The summed E-state index contributed by atoms with van der Waals surface area (Å²) in [5, 5.41) is 0.147. The minimum Gasteiger partial charge on any atom is -0.330 e. The molecule has 0 bridgehead atoms. The molecule has 120 valence electrons. The molecule has 0 radical (unpaired) electrons. The molecule has 0 heterocycles. The van der Waals surface area contributed by atoms with E-state index < -0.39 is 20.7 Å². The number of halogens is 4. The zero-order valence-corrected chi connectivity index (χ0v) is 15.0. The highest BCUT2D eigenvalue weighted by Crippen LogP contribution is 2.30. The molecule has 2 unspecified atom stereocenters. The molecule has 4 nitrogen and oxygen atoms in total. The first-order valence-electron chi connectivity index (χ1n) is 6.22. The van der Waals surface area contributed by atoms with Crippen LogP contribution in [0.1, 0.15) is 19.3 Å². The highest BCUT2D eigenvalue weighted by atomic mass is 79.9. The highest BCUT2D eigenvalue weighted by molar-refractivity contribution is 9.10. The molecule has 0 aromatic heterocycles. The third-order valence-corrected chi connectivity index (χ3v) is 6.23. The third kappa shape index (κ3) is 4.30. The van der Waals surface area contributed by atoms with E-state index in [9.17, 15) is 12.8 Å². The van der Waals surface area contributed by atoms with Crippen LogP contribution in [0.25, 0.3) is 0 Å². The summed E-state index contributed by atoms with van der Waals surface area (Å²) in [5.74, 6) is -0.741. The van der Waals surface area contributed by atoms with Gasteiger partial charge in [-0.25, -0.2) is 17.5 Å². The second kappa shape index (κ2) is 7.57. The maximum atomic E-state index is 13.8. The Morgan fingerprint density at radius 2 is 2.10 bits per heavy atom. The van der Waals surface area contributed by atoms with Crippen molar-refractivity contribution in [3.8, 4) is 0 Å². The Kier molecular flexibility index (Phi) is 6.89. The lowest BCUT2D eigenvalue weighted by molar-refractivity contribution is 0.451. The van der Waals surface area contributed by atoms with E-state index in [2.05, 4.69) is 20.7 Å². The van der Waals surface area contributed by atoms with Gasteiger partial charge in [0.05, 0.1) is 5.02 Å². The molecule has 21 heavy (non-hydrogen) atoms. The average molecular weight is 422 g/mol. The Bertz CT molecular complexity index is 616. The number of nitrogens with one attached hydrogen (secondary N) is 1. The van der Waals surface area contributed by atoms with Gasteiger partial charge in [-0.1, -0.05) is 18.0 Å². The molecule has 9 heteroatoms. The normalized spacial score (nSPS) is 22.1. The van der Waals surface area contributed by atoms with Crippen molar-refractivity contribution < 1.29 is 12.8 Å². The van der Waals surface area contributed by atoms with Gasteiger partial charge in [-0.15, -0.1) is 12.4 Å². The fourth-order valence-electron chi connectivity index (χ4n) is 2.45. The summed E-state index contributed by atoms with van der Waals surface area (Å²) in [4.78, 5) is -0.437. The van der Waals surface area contributed by atoms with Gasteiger partial charge in [0.1, 0.15) is 10.7 Å². The van der Waals surface area contributed by atoms with Crippen LogP contribution >= 0.6 is 39.9 Å². The van der Waals surface area contributed by atoms with Crippen LogP contribution in [-0.2, 0) is 10.0 Å². The predicted octanol–water partition coefficient (Wildman–Crippen LogP) is 3.07. The zero-order valence-electron chi connectivity index (χ0n) is 11.0. The second-order valence-corrected chi connectivity index (χ2v) is 7.80. The summed E-state index contributed by atoms with van der Waals surface area (Å²) in [6.45, 7) is 0.413. The van der Waals surface area contributed by atoms with Gasteiger partial charge in [0.15, 0.2) is 0 Å². The van der Waals surface area contributed by atoms with Crippen molar-refractivity contribution in [1.29, 1.82) is 0 Å². The SMILES string of the molecule is Cl.NCC1CCCC1NS(=O)(=O)c1cc(Cl)c(Br)cc1F. The molecular weight excluding hydrogens is 406 g/mol. The molecule has 1 aromatic rings. The Balaban J connectivity index is 0.00000220. The highest BCUT2D eigenvalue weighted by Gasteiger charge is 2.31. The van der Waals surface area contributed by atoms with Crippen LogP contribution < -0.4 is 10.5 Å². The Labute approximate surface area is 143 Å². The molecule has 1 fully saturated rings. The predicted molar refractivity (Wildman–Crippen MR) is 86.9 cm³/mol. The number of benzene rings is 1. The minimum absolute atomic E-state index is 0. The van der Waals surface area contributed by atoms with Crippen molar-refractivity contribution in [1.82, 2.24) is 4.72 Å². The molecule has 0 saturated heterocycles. The molecule has 1 aromatic carbocycles. The molecule has 0 amide bonds. The van der Waals surface area contributed by atoms with Crippen molar-refractivity contribution in [2.45, 2.75) is 30.2 Å². The van der Waals surface area contributed by atoms with E-state index in [1.807, 2.05) is 0 Å². The van der Waals surface area contributed by atoms with Gasteiger partial charge in [-0.2, -0.15) is 0 Å². The standard InChI is InChI=1S/C12H15BrClFN2O2S.ClH/c13-8-4-10(15)12(5-9(8)14)20(18,19)17-11-3-1-2-7(11)6-16;/h4-5,7,11,17H,1-3,6,16H2;1H. The molecule has 2 atom stereocenters. The largest absolute Gasteiger partial charge is 0.330 e. The van der Waals surface area contributed by atoms with Gasteiger partial charge in [-0.05, 0) is 53.4 Å². The van der Waals surface area contributed by atoms with Gasteiger partial charge >= 0.3 is 0 Å². The first-order valence-corrected chi connectivity index (χ1v) is 8.87. The fourth-order valence-corrected chi connectivity index (χ4v) is 4.42. The molecule has 1 aliphatic rings. The Hall–Kier alpha value is 0.0800. The smallest absolute Gasteiger partial charge is 0.243 e. The van der Waals surface area contributed by atoms with Crippen LogP contribution in [0.15, 0.2) is 21.5 Å². The van der Waals surface area contributed by atoms with Gasteiger partial charge < -0.3 is 5.73 Å². The molecule has 0 spiro atoms. The van der Waals surface area contributed by atoms with Gasteiger partial charge in [0, 0.05) is 10.5 Å². The number of sulfonamides is 1. The summed E-state index contributed by atoms with van der Waals surface area (Å²) in [6.07, 6.45) is 2.51. The maximum Gasteiger partial charge on any atom is 0.243 e. The topological polar surface area (TPSA) is 72.2 Å². The number of rotatable bonds is 4. The van der Waals surface area contributed by atoms with Crippen molar-refractivity contribution in [2.24, 2.45) is 11.7 Å². The van der Waals surface area contributed by atoms with Crippen LogP contribution in [0.5, 0.6) is 0 Å². The summed E-state index contributed by atoms with van der Waals surface area (Å²) < 4.78 is 41.2. The van der Waals surface area contributed by atoms with Crippen LogP contribution in [-0.4, -0.2) is 21.0 Å². The maximum absolute atomic E-state index is 13.8. The lowest BCUT2D eigenvalue weighted by atomic mass is 10.1. The zero-order chi connectivity index (χ0) is 14.9. The van der Waals surface area contributed by atoms with Crippen molar-refractivity contribution in [3.05, 3.63) is 27.4 Å². The van der Waals surface area contributed by atoms with E-state index in [1.54, 1.807) is 0 Å². The average Bonchev–Trinajstić information content (AvgIpc) is 2.80. The second-order valence-electron chi connectivity index (χ2n) is 4.85. The van der Waals surface area contributed by atoms with E-state index in [1.165, 1.54) is 0 Å². The van der Waals surface area contributed by atoms with Gasteiger partial charge in [0.25, 0.3) is 0 Å². The lowest BCUT2D eigenvalue weighted by Crippen LogP contribution is -2.40. The van der Waals surface area contributed by atoms with E-state index in [0.717, 1.165) is 25.0 Å². The van der Waals surface area contributed by atoms with Crippen LogP contribution in [0.3, 0.4) is 0 Å². The van der Waals surface area contributed by atoms with Crippen LogP contribution in [0.4, 0.5) is 4.39 Å². The van der Waals surface area contributed by atoms with Crippen molar-refractivity contribution in [2.75, 3.05) is 6.54 Å². The quantitative estimate of drug-likeness (QED) is 0.733. The van der Waals surface area contributed by atoms with E-state index in [-0.39, 0.29) is 29.4 Å². The van der Waals surface area contributed by atoms with Crippen LogP contribution in [0, 0.1) is 11.7 Å². The van der Waals surface area contributed by atoms with Crippen LogP contribution in [0.2, 0.25) is 5.02 Å². The third-order valence-electron chi connectivity index (χ3n) is 3.53. The van der Waals surface area contributed by atoms with Gasteiger partial charge in [-0.3, -0.25) is 0 Å². The number of hydrogen-bond donors (Lipinski definition) is 2. The monoisotopic (exact) mass is 420 g/mol.